The van der Waals surface area contributed by atoms with Gasteiger partial charge in [-0.1, -0.05) is 37.5 Å². The van der Waals surface area contributed by atoms with E-state index in [1.54, 1.807) is 0 Å². The van der Waals surface area contributed by atoms with Gasteiger partial charge in [-0.05, 0) is 42.7 Å². The van der Waals surface area contributed by atoms with Gasteiger partial charge in [-0.25, -0.2) is 0 Å². The lowest BCUT2D eigenvalue weighted by Gasteiger charge is -2.45. The van der Waals surface area contributed by atoms with E-state index < -0.39 is 0 Å². The van der Waals surface area contributed by atoms with Gasteiger partial charge in [0.1, 0.15) is 0 Å². The Morgan fingerprint density at radius 3 is 2.32 bits per heavy atom. The number of para-hydroxylation sites is 1. The lowest BCUT2D eigenvalue weighted by atomic mass is 9.68. The lowest BCUT2D eigenvalue weighted by molar-refractivity contribution is 0.144. The first-order chi connectivity index (χ1) is 9.33. The van der Waals surface area contributed by atoms with Crippen LogP contribution in [0.15, 0.2) is 24.3 Å². The number of anilines is 1. The molecule has 1 saturated heterocycles. The summed E-state index contributed by atoms with van der Waals surface area (Å²) in [4.78, 5) is 2.56. The Labute approximate surface area is 117 Å². The van der Waals surface area contributed by atoms with Crippen molar-refractivity contribution in [1.82, 2.24) is 0 Å². The molecule has 0 bridgehead atoms. The maximum Gasteiger partial charge on any atom is 0.0411 e. The Kier molecular flexibility index (Phi) is 3.79. The van der Waals surface area contributed by atoms with Crippen molar-refractivity contribution in [3.8, 4) is 0 Å². The van der Waals surface area contributed by atoms with Gasteiger partial charge in [-0.3, -0.25) is 0 Å². The number of nitrogens with zero attached hydrogens (tertiary/aromatic N) is 1. The van der Waals surface area contributed by atoms with Crippen LogP contribution >= 0.6 is 0 Å². The minimum Gasteiger partial charge on any atom is -0.371 e. The Balaban J connectivity index is 1.69. The molecule has 1 aromatic rings. The monoisotopic (exact) mass is 258 g/mol. The smallest absolute Gasteiger partial charge is 0.0411 e. The summed E-state index contributed by atoms with van der Waals surface area (Å²) in [6, 6.07) is 8.64. The Morgan fingerprint density at radius 2 is 1.63 bits per heavy atom. The predicted octanol–water partition coefficient (Wildman–Crippen LogP) is 3.70. The molecular weight excluding hydrogens is 232 g/mol. The molecule has 0 aromatic heterocycles. The molecule has 1 aliphatic heterocycles. The van der Waals surface area contributed by atoms with Crippen molar-refractivity contribution < 1.29 is 0 Å². The number of benzene rings is 1. The van der Waals surface area contributed by atoms with E-state index in [1.807, 2.05) is 0 Å². The van der Waals surface area contributed by atoms with Crippen LogP contribution in [0.1, 0.15) is 50.5 Å². The summed E-state index contributed by atoms with van der Waals surface area (Å²) in [6.07, 6.45) is 10.1. The summed E-state index contributed by atoms with van der Waals surface area (Å²) < 4.78 is 0. The molecule has 104 valence electrons. The van der Waals surface area contributed by atoms with Gasteiger partial charge in [0.15, 0.2) is 0 Å². The maximum absolute atomic E-state index is 5.87. The number of hydrogen-bond donors (Lipinski definition) is 1. The van der Waals surface area contributed by atoms with Crippen molar-refractivity contribution in [2.45, 2.75) is 51.5 Å². The van der Waals surface area contributed by atoms with Crippen LogP contribution in [0.4, 0.5) is 5.69 Å². The Morgan fingerprint density at radius 1 is 0.947 bits per heavy atom. The molecule has 19 heavy (non-hydrogen) atoms. The molecule has 1 saturated carbocycles. The van der Waals surface area contributed by atoms with E-state index in [0.29, 0.717) is 12.0 Å². The van der Waals surface area contributed by atoms with Crippen molar-refractivity contribution in [3.05, 3.63) is 29.8 Å². The fourth-order valence-electron chi connectivity index (χ4n) is 4.02. The quantitative estimate of drug-likeness (QED) is 0.876. The van der Waals surface area contributed by atoms with E-state index in [1.165, 1.54) is 69.3 Å². The van der Waals surface area contributed by atoms with Gasteiger partial charge in [0.2, 0.25) is 0 Å². The van der Waals surface area contributed by atoms with Crippen LogP contribution in [0, 0.1) is 5.41 Å². The molecule has 0 radical (unpaired) electrons. The average Bonchev–Trinajstić information content (AvgIpc) is 2.49. The summed E-state index contributed by atoms with van der Waals surface area (Å²) in [5.74, 6) is 0. The van der Waals surface area contributed by atoms with Crippen LogP contribution in [-0.2, 0) is 6.54 Å². The van der Waals surface area contributed by atoms with Crippen LogP contribution in [0.5, 0.6) is 0 Å². The highest BCUT2D eigenvalue weighted by Crippen LogP contribution is 2.45. The van der Waals surface area contributed by atoms with Gasteiger partial charge in [0.05, 0.1) is 0 Å². The summed E-state index contributed by atoms with van der Waals surface area (Å²) in [5, 5.41) is 0. The molecule has 1 heterocycles. The second-order valence-corrected chi connectivity index (χ2v) is 6.38. The molecule has 1 aliphatic carbocycles. The van der Waals surface area contributed by atoms with Gasteiger partial charge in [0.25, 0.3) is 0 Å². The predicted molar refractivity (Wildman–Crippen MR) is 81.3 cm³/mol. The number of nitrogens with two attached hydrogens (primary N) is 1. The number of rotatable bonds is 2. The second kappa shape index (κ2) is 5.54. The van der Waals surface area contributed by atoms with Crippen LogP contribution in [0.25, 0.3) is 0 Å². The summed E-state index contributed by atoms with van der Waals surface area (Å²) in [7, 11) is 0. The summed E-state index contributed by atoms with van der Waals surface area (Å²) in [5.41, 5.74) is 9.22. The average molecular weight is 258 g/mol. The van der Waals surface area contributed by atoms with Crippen molar-refractivity contribution >= 4 is 5.69 Å². The minimum atomic E-state index is 0.651. The van der Waals surface area contributed by atoms with Crippen molar-refractivity contribution in [3.63, 3.8) is 0 Å². The van der Waals surface area contributed by atoms with Gasteiger partial charge in [0, 0.05) is 25.3 Å². The zero-order chi connectivity index (χ0) is 13.1. The first-order valence-electron chi connectivity index (χ1n) is 7.86. The topological polar surface area (TPSA) is 29.3 Å². The molecule has 2 aliphatic rings. The van der Waals surface area contributed by atoms with Crippen molar-refractivity contribution in [2.24, 2.45) is 11.1 Å². The third-order valence-electron chi connectivity index (χ3n) is 5.29. The summed E-state index contributed by atoms with van der Waals surface area (Å²) >= 11 is 0. The highest BCUT2D eigenvalue weighted by atomic mass is 15.1. The van der Waals surface area contributed by atoms with Crippen LogP contribution < -0.4 is 10.6 Å². The van der Waals surface area contributed by atoms with Gasteiger partial charge >= 0.3 is 0 Å². The fourth-order valence-corrected chi connectivity index (χ4v) is 4.02. The molecule has 2 nitrogen and oxygen atoms in total. The minimum absolute atomic E-state index is 0.651. The molecule has 1 spiro atoms. The second-order valence-electron chi connectivity index (χ2n) is 6.38. The molecule has 1 aromatic carbocycles. The van der Waals surface area contributed by atoms with Gasteiger partial charge < -0.3 is 10.6 Å². The van der Waals surface area contributed by atoms with E-state index in [2.05, 4.69) is 29.2 Å². The first-order valence-corrected chi connectivity index (χ1v) is 7.86. The van der Waals surface area contributed by atoms with Crippen molar-refractivity contribution in [1.29, 1.82) is 0 Å². The lowest BCUT2D eigenvalue weighted by Crippen LogP contribution is -2.41. The Hall–Kier alpha value is -1.02. The molecule has 2 heteroatoms. The first kappa shape index (κ1) is 13.0. The van der Waals surface area contributed by atoms with E-state index in [4.69, 9.17) is 5.73 Å². The van der Waals surface area contributed by atoms with E-state index >= 15 is 0 Å². The van der Waals surface area contributed by atoms with E-state index in [0.717, 1.165) is 0 Å². The molecule has 2 N–H and O–H groups in total. The van der Waals surface area contributed by atoms with Crippen molar-refractivity contribution in [2.75, 3.05) is 18.0 Å². The molecule has 2 fully saturated rings. The molecule has 3 rings (SSSR count). The third-order valence-corrected chi connectivity index (χ3v) is 5.29. The third kappa shape index (κ3) is 2.64. The van der Waals surface area contributed by atoms with Crippen LogP contribution in [0.3, 0.4) is 0 Å². The van der Waals surface area contributed by atoms with Crippen LogP contribution in [0.2, 0.25) is 0 Å². The van der Waals surface area contributed by atoms with Crippen LogP contribution in [-0.4, -0.2) is 13.1 Å². The zero-order valence-electron chi connectivity index (χ0n) is 11.9. The molecule has 0 atom stereocenters. The standard InChI is InChI=1S/C17H26N2/c18-14-15-6-2-3-7-16(15)19-12-10-17(11-13-19)8-4-1-5-9-17/h2-3,6-7H,1,4-5,8-14,18H2. The summed E-state index contributed by atoms with van der Waals surface area (Å²) in [6.45, 7) is 3.09. The van der Waals surface area contributed by atoms with E-state index in [-0.39, 0.29) is 0 Å². The number of piperidine rings is 1. The van der Waals surface area contributed by atoms with E-state index in [9.17, 15) is 0 Å². The Bertz CT molecular complexity index is 411. The molecule has 0 amide bonds. The zero-order valence-corrected chi connectivity index (χ0v) is 11.9. The molecular formula is C17H26N2. The van der Waals surface area contributed by atoms with Gasteiger partial charge in [-0.2, -0.15) is 0 Å². The fraction of sp³-hybridized carbons (Fsp3) is 0.647. The largest absolute Gasteiger partial charge is 0.371 e. The highest BCUT2D eigenvalue weighted by Gasteiger charge is 2.35. The van der Waals surface area contributed by atoms with Gasteiger partial charge in [-0.15, -0.1) is 0 Å². The number of hydrogen-bond acceptors (Lipinski definition) is 2. The molecule has 0 unspecified atom stereocenters. The SMILES string of the molecule is NCc1ccccc1N1CCC2(CCCCC2)CC1. The highest BCUT2D eigenvalue weighted by molar-refractivity contribution is 5.54. The maximum atomic E-state index is 5.87. The normalized spacial score (nSPS) is 22.7.